The van der Waals surface area contributed by atoms with Crippen LogP contribution < -0.4 is 11.1 Å². The van der Waals surface area contributed by atoms with Crippen LogP contribution in [0.2, 0.25) is 0 Å². The van der Waals surface area contributed by atoms with Gasteiger partial charge in [-0.15, -0.1) is 0 Å². The summed E-state index contributed by atoms with van der Waals surface area (Å²) in [6.45, 7) is 6.31. The lowest BCUT2D eigenvalue weighted by Gasteiger charge is -2.33. The van der Waals surface area contributed by atoms with Gasteiger partial charge in [0, 0.05) is 11.5 Å². The van der Waals surface area contributed by atoms with E-state index in [0.29, 0.717) is 6.42 Å². The summed E-state index contributed by atoms with van der Waals surface area (Å²) in [5.41, 5.74) is 6.99. The molecule has 0 aliphatic heterocycles. The molecule has 1 amide bonds. The summed E-state index contributed by atoms with van der Waals surface area (Å²) in [6.07, 6.45) is 2.73. The Hall–Kier alpha value is -1.00. The number of nitrogens with two attached hydrogens (primary N) is 1. The summed E-state index contributed by atoms with van der Waals surface area (Å²) in [4.78, 5) is 12.1. The molecule has 0 saturated carbocycles. The number of carbonyl (C=O) groups excluding carboxylic acids is 1. The maximum absolute atomic E-state index is 12.1. The van der Waals surface area contributed by atoms with Gasteiger partial charge in [0.05, 0.1) is 6.04 Å². The summed E-state index contributed by atoms with van der Waals surface area (Å²) in [5.74, 6) is 0.848. The highest BCUT2D eigenvalue weighted by atomic mass is 32.2. The van der Waals surface area contributed by atoms with Crippen LogP contribution >= 0.6 is 11.8 Å². The second-order valence-electron chi connectivity index (χ2n) is 5.71. The van der Waals surface area contributed by atoms with Crippen molar-refractivity contribution < 1.29 is 4.79 Å². The molecule has 0 spiro atoms. The molecule has 1 rings (SSSR count). The van der Waals surface area contributed by atoms with Gasteiger partial charge in [-0.05, 0) is 30.9 Å². The highest BCUT2D eigenvalue weighted by Gasteiger charge is 2.29. The fourth-order valence-corrected chi connectivity index (χ4v) is 2.48. The number of carbonyl (C=O) groups is 1. The molecule has 0 radical (unpaired) electrons. The van der Waals surface area contributed by atoms with Crippen LogP contribution in [0.4, 0.5) is 0 Å². The zero-order valence-corrected chi connectivity index (χ0v) is 13.7. The van der Waals surface area contributed by atoms with Crippen LogP contribution in [0.25, 0.3) is 0 Å². The first-order valence-corrected chi connectivity index (χ1v) is 8.39. The Morgan fingerprint density at radius 3 is 2.50 bits per heavy atom. The Morgan fingerprint density at radius 2 is 1.95 bits per heavy atom. The van der Waals surface area contributed by atoms with E-state index < -0.39 is 6.04 Å². The summed E-state index contributed by atoms with van der Waals surface area (Å²) >= 11 is 1.71. The molecule has 1 aromatic rings. The predicted octanol–water partition coefficient (Wildman–Crippen LogP) is 2.55. The second-order valence-corrected chi connectivity index (χ2v) is 6.69. The summed E-state index contributed by atoms with van der Waals surface area (Å²) in [5, 5.41) is 3.05. The molecule has 0 aliphatic carbocycles. The summed E-state index contributed by atoms with van der Waals surface area (Å²) < 4.78 is 0. The fraction of sp³-hybridized carbons (Fsp3) is 0.562. The number of hydrogen-bond donors (Lipinski definition) is 2. The van der Waals surface area contributed by atoms with Gasteiger partial charge in [0.2, 0.25) is 5.91 Å². The molecule has 0 aromatic heterocycles. The van der Waals surface area contributed by atoms with Crippen LogP contribution in [0, 0.1) is 0 Å². The Labute approximate surface area is 126 Å². The minimum atomic E-state index is -0.420. The molecule has 1 unspecified atom stereocenters. The minimum absolute atomic E-state index is 0.0257. The average Bonchev–Trinajstić information content (AvgIpc) is 2.45. The van der Waals surface area contributed by atoms with Crippen molar-refractivity contribution in [3.8, 4) is 0 Å². The smallest absolute Gasteiger partial charge is 0.237 e. The minimum Gasteiger partial charge on any atom is -0.351 e. The first kappa shape index (κ1) is 17.1. The van der Waals surface area contributed by atoms with Crippen LogP contribution in [0.3, 0.4) is 0 Å². The average molecular weight is 294 g/mol. The molecule has 0 aliphatic rings. The zero-order valence-electron chi connectivity index (χ0n) is 12.8. The molecule has 0 heterocycles. The van der Waals surface area contributed by atoms with E-state index in [1.165, 1.54) is 5.56 Å². The second kappa shape index (κ2) is 7.70. The quantitative estimate of drug-likeness (QED) is 0.812. The predicted molar refractivity (Wildman–Crippen MR) is 88.0 cm³/mol. The lowest BCUT2D eigenvalue weighted by molar-refractivity contribution is -0.123. The van der Waals surface area contributed by atoms with Gasteiger partial charge >= 0.3 is 0 Å². The van der Waals surface area contributed by atoms with E-state index in [2.05, 4.69) is 31.3 Å². The van der Waals surface area contributed by atoms with E-state index in [9.17, 15) is 4.79 Å². The lowest BCUT2D eigenvalue weighted by Crippen LogP contribution is -2.51. The number of thioether (sulfide) groups is 1. The van der Waals surface area contributed by atoms with Crippen LogP contribution in [0.5, 0.6) is 0 Å². The Kier molecular flexibility index (Phi) is 6.56. The summed E-state index contributed by atoms with van der Waals surface area (Å²) in [6, 6.07) is 9.84. The van der Waals surface area contributed by atoms with Crippen molar-refractivity contribution in [2.75, 3.05) is 12.0 Å². The first-order chi connectivity index (χ1) is 9.39. The van der Waals surface area contributed by atoms with Gasteiger partial charge in [-0.3, -0.25) is 4.79 Å². The molecule has 3 nitrogen and oxygen atoms in total. The van der Waals surface area contributed by atoms with Gasteiger partial charge in [0.15, 0.2) is 0 Å². The van der Waals surface area contributed by atoms with Crippen molar-refractivity contribution in [3.05, 3.63) is 35.9 Å². The van der Waals surface area contributed by atoms with Gasteiger partial charge in [-0.1, -0.05) is 44.2 Å². The van der Waals surface area contributed by atoms with E-state index in [-0.39, 0.29) is 17.4 Å². The molecule has 0 bridgehead atoms. The number of hydrogen-bond acceptors (Lipinski definition) is 3. The van der Waals surface area contributed by atoms with Crippen LogP contribution in [0.1, 0.15) is 32.8 Å². The standard InChI is InChI=1S/C16H26N2OS/c1-12(18-15(19)14(17)10-11-20-4)16(2,3)13-8-6-5-7-9-13/h5-9,12,14H,10-11,17H2,1-4H3,(H,18,19)/t12?,14-/m0/s1. The third-order valence-electron chi connectivity index (χ3n) is 3.93. The number of amides is 1. The maximum atomic E-state index is 12.1. The largest absolute Gasteiger partial charge is 0.351 e. The molecule has 0 fully saturated rings. The molecule has 2 atom stereocenters. The first-order valence-electron chi connectivity index (χ1n) is 7.00. The lowest BCUT2D eigenvalue weighted by atomic mass is 9.78. The third kappa shape index (κ3) is 4.53. The molecule has 3 N–H and O–H groups in total. The van der Waals surface area contributed by atoms with Gasteiger partial charge in [0.1, 0.15) is 0 Å². The van der Waals surface area contributed by atoms with E-state index in [4.69, 9.17) is 5.73 Å². The van der Waals surface area contributed by atoms with Crippen molar-refractivity contribution >= 4 is 17.7 Å². The molecule has 0 saturated heterocycles. The highest BCUT2D eigenvalue weighted by molar-refractivity contribution is 7.98. The molecule has 1 aromatic carbocycles. The molecular formula is C16H26N2OS. The van der Waals surface area contributed by atoms with Crippen molar-refractivity contribution in [2.45, 2.75) is 44.7 Å². The van der Waals surface area contributed by atoms with Crippen molar-refractivity contribution in [1.29, 1.82) is 0 Å². The van der Waals surface area contributed by atoms with Crippen molar-refractivity contribution in [2.24, 2.45) is 5.73 Å². The Bertz CT molecular complexity index is 420. The number of benzene rings is 1. The molecule has 112 valence electrons. The van der Waals surface area contributed by atoms with Gasteiger partial charge in [-0.25, -0.2) is 0 Å². The third-order valence-corrected chi connectivity index (χ3v) is 4.57. The summed E-state index contributed by atoms with van der Waals surface area (Å²) in [7, 11) is 0. The Morgan fingerprint density at radius 1 is 1.35 bits per heavy atom. The van der Waals surface area contributed by atoms with E-state index in [1.807, 2.05) is 31.4 Å². The normalized spacial score (nSPS) is 14.7. The van der Waals surface area contributed by atoms with Crippen LogP contribution in [0.15, 0.2) is 30.3 Å². The van der Waals surface area contributed by atoms with Gasteiger partial charge < -0.3 is 11.1 Å². The number of nitrogens with one attached hydrogen (secondary N) is 1. The molecular weight excluding hydrogens is 268 g/mol. The van der Waals surface area contributed by atoms with Crippen LogP contribution in [-0.2, 0) is 10.2 Å². The Balaban J connectivity index is 2.65. The fourth-order valence-electron chi connectivity index (χ4n) is 1.99. The van der Waals surface area contributed by atoms with Gasteiger partial charge in [-0.2, -0.15) is 11.8 Å². The monoisotopic (exact) mass is 294 g/mol. The SMILES string of the molecule is CSCC[C@H](N)C(=O)NC(C)C(C)(C)c1ccccc1. The van der Waals surface area contributed by atoms with Crippen LogP contribution in [-0.4, -0.2) is 30.0 Å². The van der Waals surface area contributed by atoms with E-state index in [0.717, 1.165) is 5.75 Å². The topological polar surface area (TPSA) is 55.1 Å². The van der Waals surface area contributed by atoms with E-state index >= 15 is 0 Å². The van der Waals surface area contributed by atoms with E-state index in [1.54, 1.807) is 11.8 Å². The molecule has 20 heavy (non-hydrogen) atoms. The van der Waals surface area contributed by atoms with Crippen molar-refractivity contribution in [1.82, 2.24) is 5.32 Å². The highest BCUT2D eigenvalue weighted by Crippen LogP contribution is 2.26. The zero-order chi connectivity index (χ0) is 15.2. The number of rotatable bonds is 7. The molecule has 4 heteroatoms. The maximum Gasteiger partial charge on any atom is 0.237 e. The van der Waals surface area contributed by atoms with Crippen molar-refractivity contribution in [3.63, 3.8) is 0 Å². The van der Waals surface area contributed by atoms with Gasteiger partial charge in [0.25, 0.3) is 0 Å².